The first-order chi connectivity index (χ1) is 26.3. The lowest BCUT2D eigenvalue weighted by Crippen LogP contribution is -2.33. The predicted octanol–water partition coefficient (Wildman–Crippen LogP) is 13.0. The molecule has 0 aliphatic heterocycles. The molecule has 0 heterocycles. The summed E-state index contributed by atoms with van der Waals surface area (Å²) in [5, 5.41) is 8.53. The van der Waals surface area contributed by atoms with Crippen molar-refractivity contribution < 1.29 is 0 Å². The average Bonchev–Trinajstić information content (AvgIpc) is 3.71. The van der Waals surface area contributed by atoms with Crippen LogP contribution in [0.5, 0.6) is 0 Å². The van der Waals surface area contributed by atoms with Crippen LogP contribution in [0.25, 0.3) is 0 Å². The Labute approximate surface area is 345 Å². The Morgan fingerprint density at radius 3 is 1.48 bits per heavy atom. The minimum absolute atomic E-state index is 0.000991. The van der Waals surface area contributed by atoms with Crippen LogP contribution in [0.1, 0.15) is 140 Å². The van der Waals surface area contributed by atoms with E-state index < -0.39 is 7.92 Å². The third kappa shape index (κ3) is 8.18. The Hall–Kier alpha value is -3.32. The molecule has 0 radical (unpaired) electrons. The quantitative estimate of drug-likeness (QED) is 0.0956. The maximum atomic E-state index is 3.99. The van der Waals surface area contributed by atoms with Crippen LogP contribution in [-0.4, -0.2) is 12.3 Å². The molecule has 7 rings (SSSR count). The Balaban J connectivity index is 1.45. The molecule has 294 valence electrons. The number of hydrogen-bond acceptors (Lipinski definition) is 2. The van der Waals surface area contributed by atoms with Crippen LogP contribution in [0, 0.1) is 0 Å². The zero-order chi connectivity index (χ0) is 40.3. The van der Waals surface area contributed by atoms with E-state index in [4.69, 9.17) is 0 Å². The van der Waals surface area contributed by atoms with Crippen LogP contribution in [0.15, 0.2) is 108 Å². The highest BCUT2D eigenvalue weighted by Crippen LogP contribution is 2.56. The van der Waals surface area contributed by atoms with Crippen molar-refractivity contribution in [1.29, 1.82) is 0 Å². The minimum atomic E-state index is -0.906. The highest BCUT2D eigenvalue weighted by molar-refractivity contribution is 7.99. The number of thioether (sulfide) groups is 1. The number of anilines is 1. The van der Waals surface area contributed by atoms with Crippen molar-refractivity contribution in [3.63, 3.8) is 0 Å². The molecule has 0 fully saturated rings. The summed E-state index contributed by atoms with van der Waals surface area (Å²) in [4.78, 5) is 1.34. The third-order valence-corrected chi connectivity index (χ3v) is 15.8. The van der Waals surface area contributed by atoms with Gasteiger partial charge < -0.3 is 5.32 Å². The van der Waals surface area contributed by atoms with Crippen LogP contribution in [-0.2, 0) is 39.9 Å². The van der Waals surface area contributed by atoms with Gasteiger partial charge in [-0.25, -0.2) is 0 Å². The number of nitrogens with one attached hydrogen (secondary N) is 1. The van der Waals surface area contributed by atoms with Crippen LogP contribution >= 0.6 is 19.7 Å². The summed E-state index contributed by atoms with van der Waals surface area (Å²) in [5.41, 5.74) is 13.5. The van der Waals surface area contributed by atoms with E-state index in [1.807, 2.05) is 11.8 Å². The van der Waals surface area contributed by atoms with Crippen LogP contribution < -0.4 is 21.2 Å². The first-order valence-electron chi connectivity index (χ1n) is 21.0. The molecule has 1 nitrogen and oxygen atoms in total. The summed E-state index contributed by atoms with van der Waals surface area (Å²) in [5.74, 6) is 1.04. The van der Waals surface area contributed by atoms with Crippen LogP contribution in [0.4, 0.5) is 5.69 Å². The maximum absolute atomic E-state index is 3.99. The van der Waals surface area contributed by atoms with Crippen molar-refractivity contribution in [2.24, 2.45) is 0 Å². The summed E-state index contributed by atoms with van der Waals surface area (Å²) in [7, 11) is -0.906. The molecule has 0 saturated heterocycles. The number of hydrogen-bond donors (Lipinski definition) is 1. The van der Waals surface area contributed by atoms with Gasteiger partial charge >= 0.3 is 0 Å². The largest absolute Gasteiger partial charge is 0.384 e. The lowest BCUT2D eigenvalue weighted by Gasteiger charge is -2.35. The van der Waals surface area contributed by atoms with E-state index in [0.717, 1.165) is 25.1 Å². The second kappa shape index (κ2) is 15.1. The van der Waals surface area contributed by atoms with E-state index in [1.165, 1.54) is 61.9 Å². The average molecular weight is 780 g/mol. The fourth-order valence-corrected chi connectivity index (χ4v) is 12.5. The Bertz CT molecular complexity index is 2060. The fraction of sp³-hybridized carbons (Fsp3) is 0.434. The first-order valence-corrected chi connectivity index (χ1v) is 23.4. The summed E-state index contributed by atoms with van der Waals surface area (Å²) in [6.45, 7) is 29.6. The molecule has 5 aromatic carbocycles. The zero-order valence-electron chi connectivity index (χ0n) is 36.4. The Kier molecular flexibility index (Phi) is 11.0. The summed E-state index contributed by atoms with van der Waals surface area (Å²) >= 11 is 1.94. The van der Waals surface area contributed by atoms with Crippen LogP contribution in [0.2, 0.25) is 0 Å². The van der Waals surface area contributed by atoms with Crippen molar-refractivity contribution in [3.8, 4) is 0 Å². The molecule has 56 heavy (non-hydrogen) atoms. The van der Waals surface area contributed by atoms with Crippen molar-refractivity contribution in [3.05, 3.63) is 148 Å². The molecule has 1 N–H and O–H groups in total. The van der Waals surface area contributed by atoms with E-state index in [9.17, 15) is 0 Å². The topological polar surface area (TPSA) is 12.0 Å². The minimum Gasteiger partial charge on any atom is -0.384 e. The zero-order valence-corrected chi connectivity index (χ0v) is 38.1. The van der Waals surface area contributed by atoms with Crippen molar-refractivity contribution >= 4 is 41.3 Å². The van der Waals surface area contributed by atoms with Gasteiger partial charge in [-0.15, -0.1) is 11.8 Å². The lowest BCUT2D eigenvalue weighted by molar-refractivity contribution is 0.510. The van der Waals surface area contributed by atoms with Crippen molar-refractivity contribution in [1.82, 2.24) is 0 Å². The van der Waals surface area contributed by atoms with Crippen LogP contribution in [0.3, 0.4) is 0 Å². The van der Waals surface area contributed by atoms with Gasteiger partial charge in [-0.2, -0.15) is 0 Å². The van der Waals surface area contributed by atoms with E-state index >= 15 is 0 Å². The van der Waals surface area contributed by atoms with Crippen molar-refractivity contribution in [2.45, 2.75) is 141 Å². The van der Waals surface area contributed by atoms with Gasteiger partial charge in [-0.05, 0) is 134 Å². The first kappa shape index (κ1) is 40.9. The van der Waals surface area contributed by atoms with E-state index in [2.05, 4.69) is 192 Å². The SMILES string of the molecule is CC(C)(C)c1cc(P(c2cc(C(C)(C)C)cc(C(C)(C)C)c2)c2cccc3c2[C@]2(CCc4cccc(NCCSc5ccccc5)c42)CC3)cc(C(C)(C)C)c1. The molecule has 2 aliphatic rings. The van der Waals surface area contributed by atoms with Gasteiger partial charge in [0.1, 0.15) is 0 Å². The summed E-state index contributed by atoms with van der Waals surface area (Å²) in [6, 6.07) is 40.7. The van der Waals surface area contributed by atoms with E-state index in [1.54, 1.807) is 22.0 Å². The molecule has 2 aliphatic carbocycles. The lowest BCUT2D eigenvalue weighted by atomic mass is 9.76. The molecule has 3 heteroatoms. The highest BCUT2D eigenvalue weighted by Gasteiger charge is 2.48. The maximum Gasteiger partial charge on any atom is 0.0384 e. The third-order valence-electron chi connectivity index (χ3n) is 12.4. The molecule has 5 aromatic rings. The molecular weight excluding hydrogens is 714 g/mol. The highest BCUT2D eigenvalue weighted by atomic mass is 32.2. The van der Waals surface area contributed by atoms with Gasteiger partial charge in [-0.3, -0.25) is 0 Å². The molecular formula is C53H66NPS. The van der Waals surface area contributed by atoms with Gasteiger partial charge in [0.2, 0.25) is 0 Å². The van der Waals surface area contributed by atoms with Gasteiger partial charge in [0.25, 0.3) is 0 Å². The van der Waals surface area contributed by atoms with Crippen molar-refractivity contribution in [2.75, 3.05) is 17.6 Å². The fourth-order valence-electron chi connectivity index (χ4n) is 9.01. The standard InChI is InChI=1S/C53H66NPS/c1-49(2,3)38-30-39(50(4,5)6)33-42(32-38)55(43-34-40(51(7,8)9)31-41(35-43)52(10,11)12)46-23-17-19-37-25-27-53(48(37)46)26-24-36-18-16-22-45(47(36)53)54-28-29-56-44-20-14-13-15-21-44/h13-23,30-35,54H,24-29H2,1-12H3/t53-/m1/s1. The summed E-state index contributed by atoms with van der Waals surface area (Å²) in [6.07, 6.45) is 4.63. The van der Waals surface area contributed by atoms with Gasteiger partial charge in [0, 0.05) is 28.3 Å². The van der Waals surface area contributed by atoms with Gasteiger partial charge in [0.15, 0.2) is 0 Å². The van der Waals surface area contributed by atoms with E-state index in [-0.39, 0.29) is 27.1 Å². The smallest absolute Gasteiger partial charge is 0.0384 e. The second-order valence-corrected chi connectivity index (χ2v) is 24.0. The number of fused-ring (bicyclic) bond motifs is 4. The molecule has 1 spiro atoms. The summed E-state index contributed by atoms with van der Waals surface area (Å²) < 4.78 is 0. The predicted molar refractivity (Wildman–Crippen MR) is 249 cm³/mol. The van der Waals surface area contributed by atoms with Gasteiger partial charge in [0.05, 0.1) is 0 Å². The Morgan fingerprint density at radius 1 is 0.536 bits per heavy atom. The molecule has 0 aromatic heterocycles. The molecule has 0 bridgehead atoms. The normalized spacial score (nSPS) is 17.1. The number of aryl methyl sites for hydroxylation is 2. The molecule has 0 amide bonds. The number of benzene rings is 5. The van der Waals surface area contributed by atoms with Gasteiger partial charge in [-0.1, -0.05) is 168 Å². The monoisotopic (exact) mass is 779 g/mol. The number of rotatable bonds is 8. The second-order valence-electron chi connectivity index (χ2n) is 20.7. The van der Waals surface area contributed by atoms with E-state index in [0.29, 0.717) is 0 Å². The molecule has 0 saturated carbocycles. The molecule has 0 unspecified atom stereocenters. The Morgan fingerprint density at radius 2 is 1.00 bits per heavy atom. The molecule has 1 atom stereocenters.